The Labute approximate surface area is 247 Å². The van der Waals surface area contributed by atoms with Crippen molar-refractivity contribution in [2.75, 3.05) is 7.11 Å². The van der Waals surface area contributed by atoms with Gasteiger partial charge in [0.05, 0.1) is 12.7 Å². The fourth-order valence-electron chi connectivity index (χ4n) is 6.47. The van der Waals surface area contributed by atoms with Crippen LogP contribution in [0.1, 0.15) is 74.0 Å². The zero-order valence-corrected chi connectivity index (χ0v) is 24.2. The SMILES string of the molecule is COc1ccc([C@@H]2CC(=O)C3=C(C2)NC(C)=C(C(=O)OC2CCCC2)[C@@H]3c2ccc(OCc3ccccc3)cc2)cc1. The summed E-state index contributed by atoms with van der Waals surface area (Å²) in [4.78, 5) is 27.7. The number of ether oxygens (including phenoxy) is 3. The summed E-state index contributed by atoms with van der Waals surface area (Å²) in [7, 11) is 1.65. The minimum Gasteiger partial charge on any atom is -0.497 e. The van der Waals surface area contributed by atoms with Crippen molar-refractivity contribution in [2.24, 2.45) is 0 Å². The van der Waals surface area contributed by atoms with E-state index < -0.39 is 5.92 Å². The van der Waals surface area contributed by atoms with E-state index in [2.05, 4.69) is 5.32 Å². The molecule has 0 bridgehead atoms. The first-order valence-corrected chi connectivity index (χ1v) is 14.9. The first-order chi connectivity index (χ1) is 20.5. The van der Waals surface area contributed by atoms with Crippen molar-refractivity contribution in [3.8, 4) is 11.5 Å². The number of dihydropyridines is 1. The molecule has 0 saturated heterocycles. The van der Waals surface area contributed by atoms with E-state index in [1.165, 1.54) is 0 Å². The highest BCUT2D eigenvalue weighted by molar-refractivity contribution is 6.04. The average Bonchev–Trinajstić information content (AvgIpc) is 3.53. The van der Waals surface area contributed by atoms with Gasteiger partial charge in [-0.2, -0.15) is 0 Å². The third kappa shape index (κ3) is 5.85. The molecule has 0 spiro atoms. The Kier molecular flexibility index (Phi) is 8.13. The zero-order chi connectivity index (χ0) is 29.1. The molecule has 0 aromatic heterocycles. The van der Waals surface area contributed by atoms with E-state index >= 15 is 0 Å². The van der Waals surface area contributed by atoms with Gasteiger partial charge in [-0.05, 0) is 85.9 Å². The number of nitrogens with one attached hydrogen (secondary N) is 1. The monoisotopic (exact) mass is 563 g/mol. The molecule has 1 fully saturated rings. The van der Waals surface area contributed by atoms with Gasteiger partial charge in [-0.15, -0.1) is 0 Å². The predicted molar refractivity (Wildman–Crippen MR) is 161 cm³/mol. The largest absolute Gasteiger partial charge is 0.497 e. The first-order valence-electron chi connectivity index (χ1n) is 14.9. The molecular weight excluding hydrogens is 526 g/mol. The summed E-state index contributed by atoms with van der Waals surface area (Å²) >= 11 is 0. The van der Waals surface area contributed by atoms with E-state index in [0.29, 0.717) is 30.6 Å². The Morgan fingerprint density at radius 3 is 2.21 bits per heavy atom. The van der Waals surface area contributed by atoms with Crippen LogP contribution in [0.2, 0.25) is 0 Å². The summed E-state index contributed by atoms with van der Waals surface area (Å²) < 4.78 is 17.3. The van der Waals surface area contributed by atoms with Crippen LogP contribution in [0.25, 0.3) is 0 Å². The van der Waals surface area contributed by atoms with Crippen LogP contribution >= 0.6 is 0 Å². The second-order valence-corrected chi connectivity index (χ2v) is 11.4. The highest BCUT2D eigenvalue weighted by atomic mass is 16.5. The molecule has 3 aliphatic rings. The Hall–Kier alpha value is -4.32. The molecule has 3 aromatic rings. The Bertz CT molecular complexity index is 1500. The molecule has 6 nitrogen and oxygen atoms in total. The Balaban J connectivity index is 1.31. The molecule has 2 aliphatic carbocycles. The molecule has 216 valence electrons. The van der Waals surface area contributed by atoms with Crippen molar-refractivity contribution >= 4 is 11.8 Å². The number of hydrogen-bond acceptors (Lipinski definition) is 6. The third-order valence-corrected chi connectivity index (χ3v) is 8.67. The summed E-state index contributed by atoms with van der Waals surface area (Å²) in [5, 5.41) is 3.46. The molecule has 0 amide bonds. The maximum Gasteiger partial charge on any atom is 0.337 e. The van der Waals surface area contributed by atoms with Crippen molar-refractivity contribution in [2.45, 2.75) is 70.0 Å². The minimum absolute atomic E-state index is 0.0452. The van der Waals surface area contributed by atoms with Gasteiger partial charge in [0.1, 0.15) is 24.2 Å². The summed E-state index contributed by atoms with van der Waals surface area (Å²) in [6, 6.07) is 25.7. The molecule has 0 unspecified atom stereocenters. The second-order valence-electron chi connectivity index (χ2n) is 11.4. The number of methoxy groups -OCH3 is 1. The molecule has 0 radical (unpaired) electrons. The van der Waals surface area contributed by atoms with Crippen LogP contribution in [0, 0.1) is 0 Å². The molecule has 1 N–H and O–H groups in total. The van der Waals surface area contributed by atoms with Crippen LogP contribution in [0.3, 0.4) is 0 Å². The number of benzene rings is 3. The van der Waals surface area contributed by atoms with Crippen LogP contribution in [0.5, 0.6) is 11.5 Å². The summed E-state index contributed by atoms with van der Waals surface area (Å²) in [5.41, 5.74) is 5.89. The number of hydrogen-bond donors (Lipinski definition) is 1. The Morgan fingerprint density at radius 2 is 1.52 bits per heavy atom. The summed E-state index contributed by atoms with van der Waals surface area (Å²) in [6.45, 7) is 2.38. The van der Waals surface area contributed by atoms with Crippen molar-refractivity contribution in [1.82, 2.24) is 5.32 Å². The van der Waals surface area contributed by atoms with Gasteiger partial charge >= 0.3 is 5.97 Å². The number of esters is 1. The van der Waals surface area contributed by atoms with Crippen molar-refractivity contribution < 1.29 is 23.8 Å². The van der Waals surface area contributed by atoms with E-state index in [-0.39, 0.29) is 23.8 Å². The van der Waals surface area contributed by atoms with Crippen LogP contribution < -0.4 is 14.8 Å². The molecule has 42 heavy (non-hydrogen) atoms. The number of allylic oxidation sites excluding steroid dienone is 3. The van der Waals surface area contributed by atoms with Gasteiger partial charge in [-0.25, -0.2) is 4.79 Å². The van der Waals surface area contributed by atoms with Crippen molar-refractivity contribution in [3.63, 3.8) is 0 Å². The fraction of sp³-hybridized carbons (Fsp3) is 0.333. The number of carbonyl (C=O) groups is 2. The van der Waals surface area contributed by atoms with Gasteiger partial charge in [0.2, 0.25) is 0 Å². The lowest BCUT2D eigenvalue weighted by Crippen LogP contribution is -2.36. The van der Waals surface area contributed by atoms with Gasteiger partial charge in [-0.3, -0.25) is 4.79 Å². The lowest BCUT2D eigenvalue weighted by Gasteiger charge is -2.37. The summed E-state index contributed by atoms with van der Waals surface area (Å²) in [6.07, 6.45) is 4.92. The number of ketones is 1. The van der Waals surface area contributed by atoms with Crippen LogP contribution in [-0.4, -0.2) is 25.0 Å². The Morgan fingerprint density at radius 1 is 0.857 bits per heavy atom. The second kappa shape index (κ2) is 12.3. The standard InChI is InChI=1S/C36H37NO5/c1-23-33(36(39)42-30-10-6-7-11-30)34(26-14-18-29(19-15-26)41-22-24-8-4-3-5-9-24)35-31(37-23)20-27(21-32(35)38)25-12-16-28(40-2)17-13-25/h3-5,8-9,12-19,27,30,34,37H,6-7,10-11,20-22H2,1-2H3/t27-,34-/m0/s1. The molecule has 1 aliphatic heterocycles. The van der Waals surface area contributed by atoms with Crippen molar-refractivity contribution in [3.05, 3.63) is 118 Å². The first kappa shape index (κ1) is 27.8. The van der Waals surface area contributed by atoms with Crippen LogP contribution in [-0.2, 0) is 20.9 Å². The molecular formula is C36H37NO5. The molecule has 6 rings (SSSR count). The van der Waals surface area contributed by atoms with Crippen LogP contribution in [0.4, 0.5) is 0 Å². The maximum absolute atomic E-state index is 13.9. The number of rotatable bonds is 8. The predicted octanol–water partition coefficient (Wildman–Crippen LogP) is 7.12. The highest BCUT2D eigenvalue weighted by Crippen LogP contribution is 2.46. The van der Waals surface area contributed by atoms with E-state index in [4.69, 9.17) is 14.2 Å². The van der Waals surface area contributed by atoms with E-state index in [0.717, 1.165) is 65.3 Å². The zero-order valence-electron chi connectivity index (χ0n) is 24.2. The quantitative estimate of drug-likeness (QED) is 0.294. The fourth-order valence-corrected chi connectivity index (χ4v) is 6.47. The van der Waals surface area contributed by atoms with Gasteiger partial charge < -0.3 is 19.5 Å². The van der Waals surface area contributed by atoms with E-state index in [9.17, 15) is 9.59 Å². The maximum atomic E-state index is 13.9. The smallest absolute Gasteiger partial charge is 0.337 e. The normalized spacial score (nSPS) is 20.7. The number of Topliss-reactive ketones (excluding diaryl/α,β-unsaturated/α-hetero) is 1. The highest BCUT2D eigenvalue weighted by Gasteiger charge is 2.42. The molecule has 2 atom stereocenters. The topological polar surface area (TPSA) is 73.9 Å². The van der Waals surface area contributed by atoms with Crippen molar-refractivity contribution in [1.29, 1.82) is 0 Å². The lowest BCUT2D eigenvalue weighted by atomic mass is 9.71. The molecule has 1 saturated carbocycles. The van der Waals surface area contributed by atoms with Gasteiger partial charge in [0.15, 0.2) is 5.78 Å². The van der Waals surface area contributed by atoms with E-state index in [1.54, 1.807) is 7.11 Å². The van der Waals surface area contributed by atoms with Gasteiger partial charge in [0.25, 0.3) is 0 Å². The minimum atomic E-state index is -0.498. The molecule has 3 aromatic carbocycles. The van der Waals surface area contributed by atoms with Crippen LogP contribution in [0.15, 0.2) is 101 Å². The van der Waals surface area contributed by atoms with Gasteiger partial charge in [0, 0.05) is 29.3 Å². The molecule has 1 heterocycles. The van der Waals surface area contributed by atoms with Gasteiger partial charge in [-0.1, -0.05) is 54.6 Å². The van der Waals surface area contributed by atoms with E-state index in [1.807, 2.05) is 85.8 Å². The average molecular weight is 564 g/mol. The third-order valence-electron chi connectivity index (χ3n) is 8.67. The summed E-state index contributed by atoms with van der Waals surface area (Å²) in [5.74, 6) is 0.787. The number of carbonyl (C=O) groups excluding carboxylic acids is 2. The molecule has 6 heteroatoms. The lowest BCUT2D eigenvalue weighted by molar-refractivity contribution is -0.144.